The topological polar surface area (TPSA) is 40.5 Å². The average Bonchev–Trinajstić information content (AvgIpc) is 3.07. The van der Waals surface area contributed by atoms with E-state index >= 15 is 0 Å². The number of nitrogens with zero attached hydrogens (tertiary/aromatic N) is 1. The van der Waals surface area contributed by atoms with Gasteiger partial charge in [0, 0.05) is 19.1 Å². The molecule has 0 amide bonds. The lowest BCUT2D eigenvalue weighted by molar-refractivity contribution is -0.138. The highest BCUT2D eigenvalue weighted by Crippen LogP contribution is 2.35. The Hall–Kier alpha value is -1.35. The molecule has 0 spiro atoms. The predicted molar refractivity (Wildman–Crippen MR) is 64.8 cm³/mol. The van der Waals surface area contributed by atoms with Gasteiger partial charge in [-0.1, -0.05) is 18.2 Å². The van der Waals surface area contributed by atoms with Gasteiger partial charge in [0.25, 0.3) is 0 Å². The molecule has 3 rings (SSSR count). The number of fused-ring (bicyclic) bond motifs is 1. The molecular weight excluding hydrogens is 214 g/mol. The van der Waals surface area contributed by atoms with Crippen molar-refractivity contribution in [3.05, 3.63) is 34.9 Å². The largest absolute Gasteiger partial charge is 0.481 e. The number of hydrogen-bond acceptors (Lipinski definition) is 2. The van der Waals surface area contributed by atoms with Crippen LogP contribution in [0.4, 0.5) is 0 Å². The zero-order valence-electron chi connectivity index (χ0n) is 10.0. The summed E-state index contributed by atoms with van der Waals surface area (Å²) >= 11 is 0. The van der Waals surface area contributed by atoms with Crippen molar-refractivity contribution in [3.63, 3.8) is 0 Å². The van der Waals surface area contributed by atoms with Gasteiger partial charge in [-0.15, -0.1) is 0 Å². The molecule has 1 unspecified atom stereocenters. The molecule has 1 heterocycles. The van der Waals surface area contributed by atoms with Gasteiger partial charge in [-0.25, -0.2) is 0 Å². The Kier molecular flexibility index (Phi) is 2.44. The summed E-state index contributed by atoms with van der Waals surface area (Å²) in [7, 11) is 0. The Bertz CT molecular complexity index is 465. The smallest absolute Gasteiger partial charge is 0.310 e. The van der Waals surface area contributed by atoms with Crippen LogP contribution in [0.15, 0.2) is 18.2 Å². The first kappa shape index (κ1) is 10.8. The standard InChI is InChI=1S/C14H17NO2/c1-9(14(16)17)10-2-3-11-7-15(13-4-5-13)8-12(11)6-10/h2-3,6,9,13H,4-5,7-8H2,1H3,(H,16,17). The van der Waals surface area contributed by atoms with Crippen LogP contribution in [-0.4, -0.2) is 22.0 Å². The number of benzene rings is 1. The molecule has 2 aliphatic rings. The zero-order chi connectivity index (χ0) is 12.0. The molecule has 1 aliphatic carbocycles. The van der Waals surface area contributed by atoms with Gasteiger partial charge in [0.1, 0.15) is 0 Å². The molecule has 0 saturated heterocycles. The summed E-state index contributed by atoms with van der Waals surface area (Å²) in [6.07, 6.45) is 2.65. The van der Waals surface area contributed by atoms with Crippen molar-refractivity contribution in [1.82, 2.24) is 4.90 Å². The second-order valence-corrected chi connectivity index (χ2v) is 5.22. The zero-order valence-corrected chi connectivity index (χ0v) is 10.0. The highest BCUT2D eigenvalue weighted by molar-refractivity contribution is 5.75. The number of rotatable bonds is 3. The molecule has 17 heavy (non-hydrogen) atoms. The third-order valence-corrected chi connectivity index (χ3v) is 3.91. The van der Waals surface area contributed by atoms with E-state index in [4.69, 9.17) is 5.11 Å². The molecule has 90 valence electrons. The Labute approximate surface area is 101 Å². The molecule has 0 bridgehead atoms. The van der Waals surface area contributed by atoms with Gasteiger partial charge < -0.3 is 5.11 Å². The van der Waals surface area contributed by atoms with Crippen LogP contribution in [-0.2, 0) is 17.9 Å². The minimum atomic E-state index is -0.748. The van der Waals surface area contributed by atoms with E-state index in [0.29, 0.717) is 0 Å². The minimum Gasteiger partial charge on any atom is -0.481 e. The molecule has 3 nitrogen and oxygen atoms in total. The summed E-state index contributed by atoms with van der Waals surface area (Å²) in [6, 6.07) is 6.93. The van der Waals surface area contributed by atoms with Crippen molar-refractivity contribution in [2.45, 2.75) is 44.8 Å². The highest BCUT2D eigenvalue weighted by atomic mass is 16.4. The quantitative estimate of drug-likeness (QED) is 0.868. The molecular formula is C14H17NO2. The Morgan fingerprint density at radius 1 is 1.35 bits per heavy atom. The fourth-order valence-electron chi connectivity index (χ4n) is 2.55. The van der Waals surface area contributed by atoms with E-state index in [1.807, 2.05) is 6.07 Å². The number of hydrogen-bond donors (Lipinski definition) is 1. The van der Waals surface area contributed by atoms with Crippen LogP contribution in [0, 0.1) is 0 Å². The SMILES string of the molecule is CC(C(=O)O)c1ccc2c(c1)CN(C1CC1)C2. The third-order valence-electron chi connectivity index (χ3n) is 3.91. The second-order valence-electron chi connectivity index (χ2n) is 5.22. The van der Waals surface area contributed by atoms with E-state index in [-0.39, 0.29) is 0 Å². The number of carboxylic acid groups (broad SMARTS) is 1. The normalized spacial score (nSPS) is 21.2. The van der Waals surface area contributed by atoms with Gasteiger partial charge >= 0.3 is 5.97 Å². The van der Waals surface area contributed by atoms with Crippen LogP contribution in [0.25, 0.3) is 0 Å². The fraction of sp³-hybridized carbons (Fsp3) is 0.500. The molecule has 1 aromatic rings. The van der Waals surface area contributed by atoms with Gasteiger partial charge in [0.05, 0.1) is 5.92 Å². The van der Waals surface area contributed by atoms with Crippen LogP contribution >= 0.6 is 0 Å². The molecule has 0 radical (unpaired) electrons. The first-order valence-corrected chi connectivity index (χ1v) is 6.23. The molecule has 1 saturated carbocycles. The maximum atomic E-state index is 11.0. The van der Waals surface area contributed by atoms with E-state index in [1.165, 1.54) is 24.0 Å². The van der Waals surface area contributed by atoms with E-state index in [2.05, 4.69) is 17.0 Å². The fourth-order valence-corrected chi connectivity index (χ4v) is 2.55. The summed E-state index contributed by atoms with van der Waals surface area (Å²) in [5.41, 5.74) is 3.62. The van der Waals surface area contributed by atoms with Crippen LogP contribution in [0.2, 0.25) is 0 Å². The monoisotopic (exact) mass is 231 g/mol. The molecule has 1 N–H and O–H groups in total. The lowest BCUT2D eigenvalue weighted by atomic mass is 9.97. The first-order chi connectivity index (χ1) is 8.15. The lowest BCUT2D eigenvalue weighted by Crippen LogP contribution is -2.18. The maximum absolute atomic E-state index is 11.0. The number of aliphatic carboxylic acids is 1. The molecule has 1 atom stereocenters. The van der Waals surface area contributed by atoms with Gasteiger partial charge in [-0.3, -0.25) is 9.69 Å². The minimum absolute atomic E-state index is 0.407. The molecule has 3 heteroatoms. The van der Waals surface area contributed by atoms with Crippen molar-refractivity contribution in [1.29, 1.82) is 0 Å². The summed E-state index contributed by atoms with van der Waals surface area (Å²) in [5.74, 6) is -1.16. The van der Waals surface area contributed by atoms with Crippen LogP contribution < -0.4 is 0 Å². The van der Waals surface area contributed by atoms with E-state index in [1.54, 1.807) is 6.92 Å². The second kappa shape index (κ2) is 3.84. The molecule has 0 aromatic heterocycles. The van der Waals surface area contributed by atoms with Crippen molar-refractivity contribution < 1.29 is 9.90 Å². The summed E-state index contributed by atoms with van der Waals surface area (Å²) in [6.45, 7) is 3.79. The number of carboxylic acids is 1. The van der Waals surface area contributed by atoms with Crippen LogP contribution in [0.3, 0.4) is 0 Å². The molecule has 1 fully saturated rings. The van der Waals surface area contributed by atoms with Gasteiger partial charge in [0.15, 0.2) is 0 Å². The Morgan fingerprint density at radius 3 is 2.71 bits per heavy atom. The summed E-state index contributed by atoms with van der Waals surface area (Å²) < 4.78 is 0. The average molecular weight is 231 g/mol. The van der Waals surface area contributed by atoms with Crippen LogP contribution in [0.1, 0.15) is 42.4 Å². The maximum Gasteiger partial charge on any atom is 0.310 e. The van der Waals surface area contributed by atoms with E-state index < -0.39 is 11.9 Å². The van der Waals surface area contributed by atoms with Crippen molar-refractivity contribution in [2.75, 3.05) is 0 Å². The predicted octanol–water partition coefficient (Wildman–Crippen LogP) is 2.35. The van der Waals surface area contributed by atoms with Gasteiger partial charge in [-0.05, 0) is 36.5 Å². The Balaban J connectivity index is 1.83. The summed E-state index contributed by atoms with van der Waals surface area (Å²) in [4.78, 5) is 13.5. The van der Waals surface area contributed by atoms with E-state index in [0.717, 1.165) is 24.7 Å². The molecule has 1 aromatic carbocycles. The Morgan fingerprint density at radius 2 is 2.06 bits per heavy atom. The molecule has 1 aliphatic heterocycles. The lowest BCUT2D eigenvalue weighted by Gasteiger charge is -2.12. The van der Waals surface area contributed by atoms with E-state index in [9.17, 15) is 4.79 Å². The summed E-state index contributed by atoms with van der Waals surface area (Å²) in [5, 5.41) is 9.02. The first-order valence-electron chi connectivity index (χ1n) is 6.23. The van der Waals surface area contributed by atoms with Gasteiger partial charge in [0.2, 0.25) is 0 Å². The highest BCUT2D eigenvalue weighted by Gasteiger charge is 2.33. The van der Waals surface area contributed by atoms with Gasteiger partial charge in [-0.2, -0.15) is 0 Å². The van der Waals surface area contributed by atoms with Crippen molar-refractivity contribution in [3.8, 4) is 0 Å². The third kappa shape index (κ3) is 1.95. The van der Waals surface area contributed by atoms with Crippen molar-refractivity contribution >= 4 is 5.97 Å². The van der Waals surface area contributed by atoms with Crippen molar-refractivity contribution in [2.24, 2.45) is 0 Å². The number of carbonyl (C=O) groups is 1. The van der Waals surface area contributed by atoms with Crippen LogP contribution in [0.5, 0.6) is 0 Å².